The summed E-state index contributed by atoms with van der Waals surface area (Å²) in [6.07, 6.45) is 4.92. The molecule has 0 spiro atoms. The molecule has 0 unspecified atom stereocenters. The Balaban J connectivity index is 1.48. The van der Waals surface area contributed by atoms with E-state index in [0.29, 0.717) is 46.6 Å². The molecule has 0 saturated carbocycles. The molecule has 0 saturated heterocycles. The van der Waals surface area contributed by atoms with Gasteiger partial charge < -0.3 is 20.0 Å². The minimum Gasteiger partial charge on any atom is -0.490 e. The summed E-state index contributed by atoms with van der Waals surface area (Å²) in [5.41, 5.74) is 9.75. The number of hydrogen-bond donors (Lipinski definition) is 2. The molecule has 0 bridgehead atoms. The maximum atomic E-state index is 13.0. The number of fused-ring (bicyclic) bond motifs is 1. The zero-order valence-electron chi connectivity index (χ0n) is 21.4. The number of carbonyl (C=O) groups is 2. The van der Waals surface area contributed by atoms with Gasteiger partial charge in [-0.3, -0.25) is 9.59 Å². The van der Waals surface area contributed by atoms with Crippen LogP contribution in [-0.2, 0) is 6.42 Å². The van der Waals surface area contributed by atoms with E-state index in [0.717, 1.165) is 11.1 Å². The Kier molecular flexibility index (Phi) is 8.19. The van der Waals surface area contributed by atoms with Gasteiger partial charge in [-0.15, -0.1) is 0 Å². The van der Waals surface area contributed by atoms with E-state index in [-0.39, 0.29) is 30.8 Å². The fourth-order valence-corrected chi connectivity index (χ4v) is 4.48. The Hall–Kier alpha value is -4.48. The maximum absolute atomic E-state index is 13.0. The van der Waals surface area contributed by atoms with Crippen LogP contribution >= 0.6 is 0 Å². The number of imidazole rings is 1. The number of pyridine rings is 1. The molecule has 8 heteroatoms. The Morgan fingerprint density at radius 1 is 1.16 bits per heavy atom. The van der Waals surface area contributed by atoms with Gasteiger partial charge in [-0.25, -0.2) is 4.98 Å². The van der Waals surface area contributed by atoms with Crippen molar-refractivity contribution in [2.45, 2.75) is 39.2 Å². The molecule has 4 rings (SSSR count). The number of Topliss-reactive ketones (excluding diaryl/α,β-unsaturated/α-hetero) is 1. The molecule has 194 valence electrons. The van der Waals surface area contributed by atoms with Crippen LogP contribution in [0.1, 0.15) is 58.5 Å². The summed E-state index contributed by atoms with van der Waals surface area (Å²) >= 11 is 0. The molecule has 2 heterocycles. The van der Waals surface area contributed by atoms with Gasteiger partial charge in [0.1, 0.15) is 17.5 Å². The van der Waals surface area contributed by atoms with Crippen molar-refractivity contribution in [2.75, 3.05) is 6.61 Å². The van der Waals surface area contributed by atoms with Gasteiger partial charge in [-0.1, -0.05) is 24.3 Å². The third-order valence-corrected chi connectivity index (χ3v) is 6.32. The van der Waals surface area contributed by atoms with Crippen LogP contribution in [-0.4, -0.2) is 38.9 Å². The zero-order chi connectivity index (χ0) is 27.2. The topological polar surface area (TPSA) is 131 Å². The van der Waals surface area contributed by atoms with E-state index >= 15 is 0 Å². The second-order valence-corrected chi connectivity index (χ2v) is 9.54. The van der Waals surface area contributed by atoms with Gasteiger partial charge in [-0.2, -0.15) is 5.26 Å². The van der Waals surface area contributed by atoms with Crippen LogP contribution in [0.15, 0.2) is 67.0 Å². The Labute approximate surface area is 221 Å². The van der Waals surface area contributed by atoms with E-state index in [9.17, 15) is 20.0 Å². The number of rotatable bonds is 11. The molecule has 0 aliphatic carbocycles. The van der Waals surface area contributed by atoms with Crippen LogP contribution in [0.4, 0.5) is 0 Å². The highest BCUT2D eigenvalue weighted by molar-refractivity contribution is 5.99. The maximum Gasteiger partial charge on any atom is 0.252 e. The van der Waals surface area contributed by atoms with Crippen LogP contribution in [0, 0.1) is 17.2 Å². The number of aliphatic hydroxyl groups is 1. The van der Waals surface area contributed by atoms with Crippen LogP contribution in [0.5, 0.6) is 5.75 Å². The largest absolute Gasteiger partial charge is 0.490 e. The first kappa shape index (κ1) is 26.6. The first-order valence-electron chi connectivity index (χ1n) is 12.5. The lowest BCUT2D eigenvalue weighted by Gasteiger charge is -2.16. The Morgan fingerprint density at radius 2 is 1.92 bits per heavy atom. The number of aliphatic hydroxyl groups excluding tert-OH is 1. The highest BCUT2D eigenvalue weighted by atomic mass is 16.5. The second kappa shape index (κ2) is 11.7. The van der Waals surface area contributed by atoms with E-state index in [2.05, 4.69) is 11.1 Å². The number of nitriles is 1. The molecule has 1 amide bonds. The summed E-state index contributed by atoms with van der Waals surface area (Å²) in [6, 6.07) is 18.3. The van der Waals surface area contributed by atoms with E-state index in [1.807, 2.05) is 50.5 Å². The van der Waals surface area contributed by atoms with Crippen molar-refractivity contribution in [3.8, 4) is 23.1 Å². The average Bonchev–Trinajstić information content (AvgIpc) is 3.33. The summed E-state index contributed by atoms with van der Waals surface area (Å²) < 4.78 is 7.42. The number of benzene rings is 2. The van der Waals surface area contributed by atoms with Crippen LogP contribution in [0.3, 0.4) is 0 Å². The fourth-order valence-electron chi connectivity index (χ4n) is 4.48. The number of aromatic nitrogens is 2. The van der Waals surface area contributed by atoms with Crippen molar-refractivity contribution in [3.05, 3.63) is 89.2 Å². The number of hydrogen-bond acceptors (Lipinski definition) is 6. The normalized spacial score (nSPS) is 11.9. The lowest BCUT2D eigenvalue weighted by molar-refractivity contribution is 0.0951. The number of primary amides is 1. The first-order chi connectivity index (χ1) is 18.3. The van der Waals surface area contributed by atoms with Gasteiger partial charge in [0.25, 0.3) is 5.91 Å². The Morgan fingerprint density at radius 3 is 2.58 bits per heavy atom. The lowest BCUT2D eigenvalue weighted by atomic mass is 9.89. The van der Waals surface area contributed by atoms with Gasteiger partial charge in [-0.05, 0) is 68.5 Å². The molecule has 4 aromatic rings. The van der Waals surface area contributed by atoms with Crippen molar-refractivity contribution < 1.29 is 19.4 Å². The number of amides is 1. The summed E-state index contributed by atoms with van der Waals surface area (Å²) in [5.74, 6) is -0.217. The SMILES string of the molecule is CC(C)Oc1ccc(C(=O)C[C@H](CCO)Cc2ccc(-c3cn4cccc(C(N)=O)c4n3)cc2)cc1C#N. The Bertz CT molecular complexity index is 1500. The quantitative estimate of drug-likeness (QED) is 0.284. The highest BCUT2D eigenvalue weighted by Crippen LogP contribution is 2.26. The standard InChI is InChI=1S/C30H30N4O4/c1-19(2)38-28-10-9-23(16-24(28)17-31)27(36)15-21(11-13-35)14-20-5-7-22(8-6-20)26-18-34-12-3-4-25(29(32)37)30(34)33-26/h3-10,12,16,18-19,21,35H,11,13-15H2,1-2H3,(H2,32,37)/t21-/m1/s1. The molecule has 2 aromatic heterocycles. The molecule has 0 fully saturated rings. The number of ether oxygens (including phenoxy) is 1. The lowest BCUT2D eigenvalue weighted by Crippen LogP contribution is -2.14. The molecular formula is C30H30N4O4. The molecule has 3 N–H and O–H groups in total. The summed E-state index contributed by atoms with van der Waals surface area (Å²) in [4.78, 5) is 29.4. The average molecular weight is 511 g/mol. The van der Waals surface area contributed by atoms with Gasteiger partial charge in [0.15, 0.2) is 5.78 Å². The van der Waals surface area contributed by atoms with Crippen molar-refractivity contribution in [2.24, 2.45) is 11.7 Å². The van der Waals surface area contributed by atoms with Crippen LogP contribution in [0.2, 0.25) is 0 Å². The molecule has 0 radical (unpaired) electrons. The minimum atomic E-state index is -0.531. The van der Waals surface area contributed by atoms with Gasteiger partial charge in [0.2, 0.25) is 0 Å². The molecule has 38 heavy (non-hydrogen) atoms. The van der Waals surface area contributed by atoms with Gasteiger partial charge in [0, 0.05) is 36.5 Å². The van der Waals surface area contributed by atoms with Crippen molar-refractivity contribution in [3.63, 3.8) is 0 Å². The van der Waals surface area contributed by atoms with Crippen molar-refractivity contribution >= 4 is 17.3 Å². The summed E-state index contributed by atoms with van der Waals surface area (Å²) in [7, 11) is 0. The molecule has 0 aliphatic heterocycles. The summed E-state index contributed by atoms with van der Waals surface area (Å²) in [6.45, 7) is 3.73. The third-order valence-electron chi connectivity index (χ3n) is 6.32. The predicted octanol–water partition coefficient (Wildman–Crippen LogP) is 4.57. The fraction of sp³-hybridized carbons (Fsp3) is 0.267. The molecule has 8 nitrogen and oxygen atoms in total. The second-order valence-electron chi connectivity index (χ2n) is 9.54. The first-order valence-corrected chi connectivity index (χ1v) is 12.5. The van der Waals surface area contributed by atoms with E-state index in [4.69, 9.17) is 10.5 Å². The van der Waals surface area contributed by atoms with Crippen molar-refractivity contribution in [1.29, 1.82) is 5.26 Å². The third kappa shape index (κ3) is 6.07. The number of nitrogens with zero attached hydrogens (tertiary/aromatic N) is 3. The number of ketones is 1. The van der Waals surface area contributed by atoms with E-state index < -0.39 is 5.91 Å². The zero-order valence-corrected chi connectivity index (χ0v) is 21.4. The van der Waals surface area contributed by atoms with Gasteiger partial charge in [0.05, 0.1) is 22.9 Å². The van der Waals surface area contributed by atoms with E-state index in [1.54, 1.807) is 34.7 Å². The van der Waals surface area contributed by atoms with E-state index in [1.165, 1.54) is 0 Å². The van der Waals surface area contributed by atoms with Crippen molar-refractivity contribution in [1.82, 2.24) is 9.38 Å². The highest BCUT2D eigenvalue weighted by Gasteiger charge is 2.18. The number of nitrogens with two attached hydrogens (primary N) is 1. The van der Waals surface area contributed by atoms with Crippen LogP contribution in [0.25, 0.3) is 16.9 Å². The predicted molar refractivity (Wildman–Crippen MR) is 144 cm³/mol. The molecule has 0 aliphatic rings. The summed E-state index contributed by atoms with van der Waals surface area (Å²) in [5, 5.41) is 19.1. The molecule has 1 atom stereocenters. The molecular weight excluding hydrogens is 480 g/mol. The van der Waals surface area contributed by atoms with Crippen LogP contribution < -0.4 is 10.5 Å². The smallest absolute Gasteiger partial charge is 0.252 e. The minimum absolute atomic E-state index is 0.0237. The van der Waals surface area contributed by atoms with Gasteiger partial charge >= 0.3 is 0 Å². The molecule has 2 aromatic carbocycles. The number of carbonyl (C=O) groups excluding carboxylic acids is 2. The monoisotopic (exact) mass is 510 g/mol.